The summed E-state index contributed by atoms with van der Waals surface area (Å²) in [5, 5.41) is 11.1. The maximum atomic E-state index is 11.1. The minimum Gasteiger partial charge on any atom is -0.363 e. The van der Waals surface area contributed by atoms with Crippen LogP contribution in [0.4, 0.5) is 11.4 Å². The van der Waals surface area contributed by atoms with Crippen molar-refractivity contribution in [2.75, 3.05) is 11.4 Å². The van der Waals surface area contributed by atoms with Gasteiger partial charge in [0.2, 0.25) is 0 Å². The molecule has 1 atom stereocenters. The number of anilines is 1. The fraction of sp³-hybridized carbons (Fsp3) is 0.500. The Morgan fingerprint density at radius 1 is 1.59 bits per heavy atom. The summed E-state index contributed by atoms with van der Waals surface area (Å²) in [7, 11) is 0. The van der Waals surface area contributed by atoms with Gasteiger partial charge in [0.1, 0.15) is 5.69 Å². The SMILES string of the molecule is CC1CCCN1c1ccc(CCl)cc1[N+](=O)[O-]. The lowest BCUT2D eigenvalue weighted by Crippen LogP contribution is -2.26. The maximum Gasteiger partial charge on any atom is 0.292 e. The van der Waals surface area contributed by atoms with Gasteiger partial charge in [0.25, 0.3) is 5.69 Å². The summed E-state index contributed by atoms with van der Waals surface area (Å²) in [6.45, 7) is 2.99. The summed E-state index contributed by atoms with van der Waals surface area (Å²) in [6, 6.07) is 5.63. The number of benzene rings is 1. The van der Waals surface area contributed by atoms with E-state index in [1.165, 1.54) is 0 Å². The first-order chi connectivity index (χ1) is 8.13. The Morgan fingerprint density at radius 2 is 2.35 bits per heavy atom. The number of halogens is 1. The molecule has 2 rings (SSSR count). The van der Waals surface area contributed by atoms with Crippen LogP contribution in [0, 0.1) is 10.1 Å². The van der Waals surface area contributed by atoms with Crippen LogP contribution in [0.3, 0.4) is 0 Å². The average Bonchev–Trinajstić information content (AvgIpc) is 2.74. The minimum absolute atomic E-state index is 0.164. The van der Waals surface area contributed by atoms with Crippen LogP contribution < -0.4 is 4.90 Å². The van der Waals surface area contributed by atoms with Crippen LogP contribution in [0.1, 0.15) is 25.3 Å². The number of nitro groups is 1. The third-order valence-electron chi connectivity index (χ3n) is 3.25. The zero-order valence-electron chi connectivity index (χ0n) is 9.73. The molecule has 1 aromatic carbocycles. The summed E-state index contributed by atoms with van der Waals surface area (Å²) < 4.78 is 0. The van der Waals surface area contributed by atoms with Crippen LogP contribution in [0.2, 0.25) is 0 Å². The van der Waals surface area contributed by atoms with Crippen LogP contribution in [0.25, 0.3) is 0 Å². The molecule has 5 heteroatoms. The van der Waals surface area contributed by atoms with Crippen molar-refractivity contribution in [1.82, 2.24) is 0 Å². The lowest BCUT2D eigenvalue weighted by atomic mass is 10.1. The molecule has 92 valence electrons. The number of alkyl halides is 1. The lowest BCUT2D eigenvalue weighted by molar-refractivity contribution is -0.384. The number of hydrogen-bond donors (Lipinski definition) is 0. The zero-order chi connectivity index (χ0) is 12.4. The predicted octanol–water partition coefficient (Wildman–Crippen LogP) is 3.32. The standard InChI is InChI=1S/C12H15ClN2O2/c1-9-3-2-6-14(9)11-5-4-10(8-13)7-12(11)15(16)17/h4-5,7,9H,2-3,6,8H2,1H3. The first-order valence-corrected chi connectivity index (χ1v) is 6.27. The van der Waals surface area contributed by atoms with Crippen molar-refractivity contribution < 1.29 is 4.92 Å². The third-order valence-corrected chi connectivity index (χ3v) is 3.56. The fourth-order valence-corrected chi connectivity index (χ4v) is 2.50. The van der Waals surface area contributed by atoms with Gasteiger partial charge in [-0.15, -0.1) is 11.6 Å². The molecule has 0 bridgehead atoms. The first-order valence-electron chi connectivity index (χ1n) is 5.73. The van der Waals surface area contributed by atoms with Crippen molar-refractivity contribution in [3.8, 4) is 0 Å². The molecule has 1 heterocycles. The Labute approximate surface area is 105 Å². The topological polar surface area (TPSA) is 46.4 Å². The Bertz CT molecular complexity index is 437. The molecule has 1 aliphatic heterocycles. The largest absolute Gasteiger partial charge is 0.363 e. The van der Waals surface area contributed by atoms with Crippen molar-refractivity contribution in [3.05, 3.63) is 33.9 Å². The second-order valence-electron chi connectivity index (χ2n) is 4.40. The van der Waals surface area contributed by atoms with Crippen LogP contribution in [-0.4, -0.2) is 17.5 Å². The highest BCUT2D eigenvalue weighted by molar-refractivity contribution is 6.17. The van der Waals surface area contributed by atoms with E-state index in [0.29, 0.717) is 17.6 Å². The molecule has 1 saturated heterocycles. The molecule has 0 spiro atoms. The van der Waals surface area contributed by atoms with Gasteiger partial charge in [-0.05, 0) is 31.4 Å². The normalized spacial score (nSPS) is 19.6. The monoisotopic (exact) mass is 254 g/mol. The van der Waals surface area contributed by atoms with Crippen molar-refractivity contribution in [2.45, 2.75) is 31.7 Å². The van der Waals surface area contributed by atoms with Gasteiger partial charge in [-0.2, -0.15) is 0 Å². The van der Waals surface area contributed by atoms with Gasteiger partial charge in [-0.3, -0.25) is 10.1 Å². The van der Waals surface area contributed by atoms with Gasteiger partial charge in [0.15, 0.2) is 0 Å². The quantitative estimate of drug-likeness (QED) is 0.472. The molecule has 1 aliphatic rings. The molecule has 1 aromatic rings. The Hall–Kier alpha value is -1.29. The second-order valence-corrected chi connectivity index (χ2v) is 4.67. The van der Waals surface area contributed by atoms with E-state index in [1.54, 1.807) is 6.07 Å². The van der Waals surface area contributed by atoms with E-state index >= 15 is 0 Å². The van der Waals surface area contributed by atoms with E-state index in [2.05, 4.69) is 11.8 Å². The summed E-state index contributed by atoms with van der Waals surface area (Å²) in [5.74, 6) is 0.302. The Kier molecular flexibility index (Phi) is 3.52. The van der Waals surface area contributed by atoms with Gasteiger partial charge in [-0.25, -0.2) is 0 Å². The van der Waals surface area contributed by atoms with Crippen LogP contribution in [0.15, 0.2) is 18.2 Å². The summed E-state index contributed by atoms with van der Waals surface area (Å²) in [5.41, 5.74) is 1.67. The Balaban J connectivity index is 2.42. The van der Waals surface area contributed by atoms with Gasteiger partial charge in [-0.1, -0.05) is 6.07 Å². The minimum atomic E-state index is -0.323. The van der Waals surface area contributed by atoms with Gasteiger partial charge in [0, 0.05) is 24.5 Å². The van der Waals surface area contributed by atoms with Crippen molar-refractivity contribution in [1.29, 1.82) is 0 Å². The summed E-state index contributed by atoms with van der Waals surface area (Å²) in [4.78, 5) is 12.9. The predicted molar refractivity (Wildman–Crippen MR) is 68.7 cm³/mol. The molecule has 1 unspecified atom stereocenters. The molecule has 1 fully saturated rings. The van der Waals surface area contributed by atoms with Gasteiger partial charge < -0.3 is 4.90 Å². The van der Waals surface area contributed by atoms with Gasteiger partial charge in [0.05, 0.1) is 4.92 Å². The van der Waals surface area contributed by atoms with Crippen molar-refractivity contribution in [3.63, 3.8) is 0 Å². The highest BCUT2D eigenvalue weighted by Crippen LogP contribution is 2.34. The summed E-state index contributed by atoms with van der Waals surface area (Å²) >= 11 is 5.71. The number of rotatable bonds is 3. The molecule has 0 saturated carbocycles. The second kappa shape index (κ2) is 4.92. The molecule has 0 radical (unpaired) electrons. The maximum absolute atomic E-state index is 11.1. The smallest absolute Gasteiger partial charge is 0.292 e. The Morgan fingerprint density at radius 3 is 2.88 bits per heavy atom. The third kappa shape index (κ3) is 2.36. The highest BCUT2D eigenvalue weighted by Gasteiger charge is 2.26. The van der Waals surface area contributed by atoms with E-state index < -0.39 is 0 Å². The van der Waals surface area contributed by atoms with E-state index in [1.807, 2.05) is 12.1 Å². The van der Waals surface area contributed by atoms with E-state index in [9.17, 15) is 10.1 Å². The first kappa shape index (κ1) is 12.2. The average molecular weight is 255 g/mol. The van der Waals surface area contributed by atoms with E-state index in [-0.39, 0.29) is 10.6 Å². The highest BCUT2D eigenvalue weighted by atomic mass is 35.5. The molecule has 4 nitrogen and oxygen atoms in total. The van der Waals surface area contributed by atoms with E-state index in [0.717, 1.165) is 24.9 Å². The number of nitro benzene ring substituents is 1. The molecule has 0 N–H and O–H groups in total. The van der Waals surface area contributed by atoms with E-state index in [4.69, 9.17) is 11.6 Å². The number of hydrogen-bond acceptors (Lipinski definition) is 3. The molecule has 0 aromatic heterocycles. The summed E-state index contributed by atoms with van der Waals surface area (Å²) in [6.07, 6.45) is 2.18. The van der Waals surface area contributed by atoms with Crippen molar-refractivity contribution >= 4 is 23.0 Å². The molecule has 0 amide bonds. The van der Waals surface area contributed by atoms with Crippen LogP contribution in [-0.2, 0) is 5.88 Å². The molecule has 17 heavy (non-hydrogen) atoms. The van der Waals surface area contributed by atoms with Gasteiger partial charge >= 0.3 is 0 Å². The number of nitrogens with zero attached hydrogens (tertiary/aromatic N) is 2. The van der Waals surface area contributed by atoms with Crippen LogP contribution in [0.5, 0.6) is 0 Å². The molecular weight excluding hydrogens is 240 g/mol. The fourth-order valence-electron chi connectivity index (χ4n) is 2.33. The molecule has 0 aliphatic carbocycles. The zero-order valence-corrected chi connectivity index (χ0v) is 10.5. The lowest BCUT2D eigenvalue weighted by Gasteiger charge is -2.23. The molecular formula is C12H15ClN2O2. The van der Waals surface area contributed by atoms with Crippen LogP contribution >= 0.6 is 11.6 Å². The van der Waals surface area contributed by atoms with Crippen molar-refractivity contribution in [2.24, 2.45) is 0 Å².